The fourth-order valence-corrected chi connectivity index (χ4v) is 2.18. The Morgan fingerprint density at radius 1 is 0.950 bits per heavy atom. The fourth-order valence-electron chi connectivity index (χ4n) is 2.18. The summed E-state index contributed by atoms with van der Waals surface area (Å²) in [7, 11) is 0. The fraction of sp³-hybridized carbons (Fsp3) is 0.118. The molecule has 0 atom stereocenters. The Bertz CT molecular complexity index is 725. The van der Waals surface area contributed by atoms with Crippen molar-refractivity contribution in [1.82, 2.24) is 4.98 Å². The summed E-state index contributed by atoms with van der Waals surface area (Å²) in [6.45, 7) is 0.642. The van der Waals surface area contributed by atoms with E-state index in [2.05, 4.69) is 11.1 Å². The predicted octanol–water partition coefficient (Wildman–Crippen LogP) is 3.53. The van der Waals surface area contributed by atoms with Gasteiger partial charge in [-0.3, -0.25) is 4.98 Å². The highest BCUT2D eigenvalue weighted by Gasteiger charge is 2.01. The van der Waals surface area contributed by atoms with Gasteiger partial charge in [-0.2, -0.15) is 0 Å². The van der Waals surface area contributed by atoms with Gasteiger partial charge < -0.3 is 10.5 Å². The van der Waals surface area contributed by atoms with Crippen molar-refractivity contribution >= 4 is 10.9 Å². The Morgan fingerprint density at radius 3 is 2.75 bits per heavy atom. The topological polar surface area (TPSA) is 48.1 Å². The van der Waals surface area contributed by atoms with Gasteiger partial charge in [0.05, 0.1) is 5.52 Å². The molecule has 0 spiro atoms. The van der Waals surface area contributed by atoms with E-state index in [1.807, 2.05) is 48.5 Å². The summed E-state index contributed by atoms with van der Waals surface area (Å²) in [6.07, 6.45) is 2.64. The lowest BCUT2D eigenvalue weighted by Crippen LogP contribution is -2.02. The Kier molecular flexibility index (Phi) is 3.61. The third kappa shape index (κ3) is 2.78. The van der Waals surface area contributed by atoms with E-state index in [1.165, 1.54) is 5.56 Å². The molecular formula is C17H16N2O. The van der Waals surface area contributed by atoms with Crippen LogP contribution in [0.2, 0.25) is 0 Å². The number of nitrogens with zero attached hydrogens (tertiary/aromatic N) is 1. The van der Waals surface area contributed by atoms with Crippen molar-refractivity contribution < 1.29 is 4.74 Å². The first kappa shape index (κ1) is 12.6. The Morgan fingerprint density at radius 2 is 1.85 bits per heavy atom. The molecule has 0 unspecified atom stereocenters. The van der Waals surface area contributed by atoms with Crippen LogP contribution in [0.3, 0.4) is 0 Å². The Balaban J connectivity index is 1.87. The van der Waals surface area contributed by atoms with Crippen molar-refractivity contribution in [3.05, 3.63) is 66.4 Å². The van der Waals surface area contributed by atoms with Gasteiger partial charge in [0, 0.05) is 17.6 Å². The van der Waals surface area contributed by atoms with Crippen LogP contribution in [0.5, 0.6) is 11.5 Å². The van der Waals surface area contributed by atoms with Crippen LogP contribution >= 0.6 is 0 Å². The number of fused-ring (bicyclic) bond motifs is 1. The maximum absolute atomic E-state index is 5.89. The van der Waals surface area contributed by atoms with Crippen molar-refractivity contribution in [2.45, 2.75) is 6.42 Å². The molecule has 0 fully saturated rings. The van der Waals surface area contributed by atoms with Crippen LogP contribution < -0.4 is 10.5 Å². The molecule has 0 aliphatic heterocycles. The first-order valence-electron chi connectivity index (χ1n) is 6.67. The van der Waals surface area contributed by atoms with E-state index in [4.69, 9.17) is 10.5 Å². The van der Waals surface area contributed by atoms with Crippen LogP contribution in [0.4, 0.5) is 0 Å². The second-order valence-corrected chi connectivity index (χ2v) is 4.65. The second kappa shape index (κ2) is 5.72. The van der Waals surface area contributed by atoms with Crippen LogP contribution in [-0.4, -0.2) is 11.5 Å². The molecule has 3 nitrogen and oxygen atoms in total. The summed E-state index contributed by atoms with van der Waals surface area (Å²) >= 11 is 0. The van der Waals surface area contributed by atoms with E-state index >= 15 is 0 Å². The van der Waals surface area contributed by atoms with Gasteiger partial charge in [-0.1, -0.05) is 18.2 Å². The zero-order valence-electron chi connectivity index (χ0n) is 11.1. The first-order valence-corrected chi connectivity index (χ1v) is 6.67. The maximum atomic E-state index is 5.89. The molecule has 3 heteroatoms. The average molecular weight is 264 g/mol. The molecule has 0 radical (unpaired) electrons. The number of hydrogen-bond donors (Lipinski definition) is 1. The number of nitrogens with two attached hydrogens (primary N) is 1. The lowest BCUT2D eigenvalue weighted by atomic mass is 10.1. The van der Waals surface area contributed by atoms with E-state index in [-0.39, 0.29) is 0 Å². The summed E-state index contributed by atoms with van der Waals surface area (Å²) in [5.74, 6) is 1.62. The average Bonchev–Trinajstić information content (AvgIpc) is 2.48. The van der Waals surface area contributed by atoms with Crippen molar-refractivity contribution in [2.75, 3.05) is 6.54 Å². The quantitative estimate of drug-likeness (QED) is 0.784. The van der Waals surface area contributed by atoms with Gasteiger partial charge in [-0.15, -0.1) is 0 Å². The SMILES string of the molecule is NCCc1cccc(Oc2ccc3cccnc3c2)c1. The van der Waals surface area contributed by atoms with E-state index in [1.54, 1.807) is 6.20 Å². The van der Waals surface area contributed by atoms with Crippen molar-refractivity contribution in [1.29, 1.82) is 0 Å². The normalized spacial score (nSPS) is 10.7. The summed E-state index contributed by atoms with van der Waals surface area (Å²) in [5.41, 5.74) is 7.69. The zero-order valence-corrected chi connectivity index (χ0v) is 11.1. The van der Waals surface area contributed by atoms with Crippen molar-refractivity contribution in [3.8, 4) is 11.5 Å². The summed E-state index contributed by atoms with van der Waals surface area (Å²) in [6, 6.07) is 17.9. The van der Waals surface area contributed by atoms with E-state index in [9.17, 15) is 0 Å². The van der Waals surface area contributed by atoms with Crippen LogP contribution in [-0.2, 0) is 6.42 Å². The second-order valence-electron chi connectivity index (χ2n) is 4.65. The predicted molar refractivity (Wildman–Crippen MR) is 81.0 cm³/mol. The molecule has 0 amide bonds. The third-order valence-corrected chi connectivity index (χ3v) is 3.14. The van der Waals surface area contributed by atoms with Crippen molar-refractivity contribution in [2.24, 2.45) is 5.73 Å². The number of rotatable bonds is 4. The zero-order chi connectivity index (χ0) is 13.8. The lowest BCUT2D eigenvalue weighted by Gasteiger charge is -2.08. The standard InChI is InChI=1S/C17H16N2O/c18-9-8-13-3-1-5-15(11-13)20-16-7-6-14-4-2-10-19-17(14)12-16/h1-7,10-12H,8-9,18H2. The minimum Gasteiger partial charge on any atom is -0.457 e. The summed E-state index contributed by atoms with van der Waals surface area (Å²) in [4.78, 5) is 4.33. The molecule has 3 rings (SSSR count). The molecule has 1 aromatic heterocycles. The van der Waals surface area contributed by atoms with Gasteiger partial charge in [0.2, 0.25) is 0 Å². The van der Waals surface area contributed by atoms with Gasteiger partial charge >= 0.3 is 0 Å². The molecule has 3 aromatic rings. The summed E-state index contributed by atoms with van der Waals surface area (Å²) in [5, 5.41) is 1.11. The van der Waals surface area contributed by atoms with E-state index in [0.717, 1.165) is 28.8 Å². The van der Waals surface area contributed by atoms with Gasteiger partial charge in [0.15, 0.2) is 0 Å². The number of benzene rings is 2. The highest BCUT2D eigenvalue weighted by molar-refractivity contribution is 5.79. The molecule has 1 heterocycles. The molecule has 0 bridgehead atoms. The molecular weight excluding hydrogens is 248 g/mol. The van der Waals surface area contributed by atoms with Gasteiger partial charge in [0.1, 0.15) is 11.5 Å². The lowest BCUT2D eigenvalue weighted by molar-refractivity contribution is 0.482. The minimum atomic E-state index is 0.642. The largest absolute Gasteiger partial charge is 0.457 e. The van der Waals surface area contributed by atoms with Gasteiger partial charge in [-0.25, -0.2) is 0 Å². The molecule has 20 heavy (non-hydrogen) atoms. The van der Waals surface area contributed by atoms with Crippen molar-refractivity contribution in [3.63, 3.8) is 0 Å². The Hall–Kier alpha value is -2.39. The third-order valence-electron chi connectivity index (χ3n) is 3.14. The van der Waals surface area contributed by atoms with Gasteiger partial charge in [0.25, 0.3) is 0 Å². The van der Waals surface area contributed by atoms with Crippen LogP contribution in [0, 0.1) is 0 Å². The van der Waals surface area contributed by atoms with Crippen LogP contribution in [0.1, 0.15) is 5.56 Å². The molecule has 0 saturated carbocycles. The molecule has 100 valence electrons. The number of ether oxygens (including phenoxy) is 1. The molecule has 0 aliphatic carbocycles. The monoisotopic (exact) mass is 264 g/mol. The Labute approximate surface area is 118 Å². The minimum absolute atomic E-state index is 0.642. The number of hydrogen-bond acceptors (Lipinski definition) is 3. The number of pyridine rings is 1. The van der Waals surface area contributed by atoms with E-state index < -0.39 is 0 Å². The smallest absolute Gasteiger partial charge is 0.129 e. The van der Waals surface area contributed by atoms with Crippen LogP contribution in [0.25, 0.3) is 10.9 Å². The molecule has 2 aromatic carbocycles. The van der Waals surface area contributed by atoms with Crippen LogP contribution in [0.15, 0.2) is 60.8 Å². The molecule has 0 aliphatic rings. The molecule has 0 saturated heterocycles. The van der Waals surface area contributed by atoms with E-state index in [0.29, 0.717) is 6.54 Å². The molecule has 2 N–H and O–H groups in total. The highest BCUT2D eigenvalue weighted by atomic mass is 16.5. The van der Waals surface area contributed by atoms with Gasteiger partial charge in [-0.05, 0) is 48.9 Å². The maximum Gasteiger partial charge on any atom is 0.129 e. The highest BCUT2D eigenvalue weighted by Crippen LogP contribution is 2.25. The number of aromatic nitrogens is 1. The summed E-state index contributed by atoms with van der Waals surface area (Å²) < 4.78 is 5.89. The first-order chi connectivity index (χ1) is 9.85.